The van der Waals surface area contributed by atoms with E-state index in [0.29, 0.717) is 28.9 Å². The van der Waals surface area contributed by atoms with Crippen molar-refractivity contribution in [2.45, 2.75) is 32.5 Å². The van der Waals surface area contributed by atoms with Gasteiger partial charge in [0.25, 0.3) is 0 Å². The lowest BCUT2D eigenvalue weighted by Crippen LogP contribution is -2.35. The topological polar surface area (TPSA) is 42.2 Å². The van der Waals surface area contributed by atoms with E-state index < -0.39 is 11.9 Å². The minimum absolute atomic E-state index is 0.330. The maximum Gasteiger partial charge on any atom is 0.434 e. The standard InChI is InChI=1S/C12H18F3N3S/c1-8-17-11(12(13,14)15)10(19-8)7-18-4-2-9(6-16)3-5-18/h9H,2-7,16H2,1H3. The first-order valence-electron chi connectivity index (χ1n) is 6.36. The van der Waals surface area contributed by atoms with Crippen LogP contribution in [0.25, 0.3) is 0 Å². The van der Waals surface area contributed by atoms with Crippen LogP contribution >= 0.6 is 11.3 Å². The quantitative estimate of drug-likeness (QED) is 0.931. The molecule has 0 aromatic carbocycles. The summed E-state index contributed by atoms with van der Waals surface area (Å²) in [7, 11) is 0. The molecule has 0 unspecified atom stereocenters. The summed E-state index contributed by atoms with van der Waals surface area (Å²) in [6, 6.07) is 0. The molecule has 2 N–H and O–H groups in total. The number of hydrogen-bond acceptors (Lipinski definition) is 4. The third-order valence-corrected chi connectivity index (χ3v) is 4.44. The summed E-state index contributed by atoms with van der Waals surface area (Å²) in [5, 5.41) is 0.471. The van der Waals surface area contributed by atoms with Crippen molar-refractivity contribution in [2.24, 2.45) is 11.7 Å². The van der Waals surface area contributed by atoms with E-state index in [2.05, 4.69) is 9.88 Å². The molecule has 1 aliphatic heterocycles. The van der Waals surface area contributed by atoms with E-state index in [-0.39, 0.29) is 0 Å². The number of aromatic nitrogens is 1. The van der Waals surface area contributed by atoms with Crippen molar-refractivity contribution in [3.8, 4) is 0 Å². The number of aryl methyl sites for hydroxylation is 1. The monoisotopic (exact) mass is 293 g/mol. The van der Waals surface area contributed by atoms with Gasteiger partial charge in [0, 0.05) is 6.54 Å². The van der Waals surface area contributed by atoms with Gasteiger partial charge in [-0.1, -0.05) is 0 Å². The summed E-state index contributed by atoms with van der Waals surface area (Å²) in [4.78, 5) is 6.02. The molecule has 2 heterocycles. The van der Waals surface area contributed by atoms with E-state index in [4.69, 9.17) is 5.73 Å². The lowest BCUT2D eigenvalue weighted by molar-refractivity contribution is -0.141. The molecule has 19 heavy (non-hydrogen) atoms. The molecule has 1 saturated heterocycles. The Morgan fingerprint density at radius 3 is 2.53 bits per heavy atom. The van der Waals surface area contributed by atoms with Crippen LogP contribution < -0.4 is 5.73 Å². The fourth-order valence-electron chi connectivity index (χ4n) is 2.38. The van der Waals surface area contributed by atoms with Crippen molar-refractivity contribution in [1.29, 1.82) is 0 Å². The van der Waals surface area contributed by atoms with E-state index >= 15 is 0 Å². The Labute approximate surface area is 114 Å². The Hall–Kier alpha value is -0.660. The molecule has 7 heteroatoms. The summed E-state index contributed by atoms with van der Waals surface area (Å²) in [5.41, 5.74) is 4.90. The summed E-state index contributed by atoms with van der Waals surface area (Å²) in [6.07, 6.45) is -2.42. The Bertz CT molecular complexity index is 422. The number of nitrogens with two attached hydrogens (primary N) is 1. The van der Waals surface area contributed by atoms with Crippen molar-refractivity contribution in [3.63, 3.8) is 0 Å². The zero-order chi connectivity index (χ0) is 14.0. The summed E-state index contributed by atoms with van der Waals surface area (Å²) in [6.45, 7) is 4.26. The van der Waals surface area contributed by atoms with Gasteiger partial charge >= 0.3 is 6.18 Å². The van der Waals surface area contributed by atoms with Crippen LogP contribution in [-0.4, -0.2) is 29.5 Å². The molecule has 1 aromatic rings. The van der Waals surface area contributed by atoms with Crippen molar-refractivity contribution in [2.75, 3.05) is 19.6 Å². The molecule has 1 aromatic heterocycles. The number of alkyl halides is 3. The molecule has 0 bridgehead atoms. The summed E-state index contributed by atoms with van der Waals surface area (Å²) < 4.78 is 38.5. The van der Waals surface area contributed by atoms with Gasteiger partial charge in [-0.2, -0.15) is 13.2 Å². The third kappa shape index (κ3) is 3.67. The van der Waals surface area contributed by atoms with E-state index in [1.807, 2.05) is 0 Å². The predicted octanol–water partition coefficient (Wildman–Crippen LogP) is 2.64. The van der Waals surface area contributed by atoms with E-state index in [0.717, 1.165) is 37.3 Å². The van der Waals surface area contributed by atoms with E-state index in [1.165, 1.54) is 0 Å². The van der Waals surface area contributed by atoms with Crippen LogP contribution in [0.1, 0.15) is 28.4 Å². The van der Waals surface area contributed by atoms with Crippen LogP contribution in [0, 0.1) is 12.8 Å². The minimum Gasteiger partial charge on any atom is -0.330 e. The Morgan fingerprint density at radius 1 is 1.37 bits per heavy atom. The number of nitrogens with zero attached hydrogens (tertiary/aromatic N) is 2. The molecule has 0 aliphatic carbocycles. The van der Waals surface area contributed by atoms with Gasteiger partial charge in [-0.25, -0.2) is 4.98 Å². The number of piperidine rings is 1. The fraction of sp³-hybridized carbons (Fsp3) is 0.750. The maximum atomic E-state index is 12.8. The van der Waals surface area contributed by atoms with Crippen molar-refractivity contribution < 1.29 is 13.2 Å². The lowest BCUT2D eigenvalue weighted by atomic mass is 9.97. The van der Waals surface area contributed by atoms with Crippen molar-refractivity contribution in [1.82, 2.24) is 9.88 Å². The zero-order valence-corrected chi connectivity index (χ0v) is 11.7. The second kappa shape index (κ2) is 5.76. The highest BCUT2D eigenvalue weighted by atomic mass is 32.1. The lowest BCUT2D eigenvalue weighted by Gasteiger charge is -2.31. The summed E-state index contributed by atoms with van der Waals surface area (Å²) in [5.74, 6) is 0.515. The molecule has 2 rings (SSSR count). The molecule has 0 spiro atoms. The van der Waals surface area contributed by atoms with E-state index in [9.17, 15) is 13.2 Å². The number of thiazole rings is 1. The van der Waals surface area contributed by atoms with Crippen LogP contribution in [0.3, 0.4) is 0 Å². The Kier molecular flexibility index (Phi) is 4.47. The first-order chi connectivity index (χ1) is 8.90. The largest absolute Gasteiger partial charge is 0.434 e. The SMILES string of the molecule is Cc1nc(C(F)(F)F)c(CN2CCC(CN)CC2)s1. The third-order valence-electron chi connectivity index (χ3n) is 3.48. The highest BCUT2D eigenvalue weighted by Gasteiger charge is 2.37. The molecule has 1 fully saturated rings. The Morgan fingerprint density at radius 2 is 2.00 bits per heavy atom. The minimum atomic E-state index is -4.35. The van der Waals surface area contributed by atoms with Gasteiger partial charge in [-0.15, -0.1) is 11.3 Å². The second-order valence-electron chi connectivity index (χ2n) is 4.96. The molecule has 0 saturated carbocycles. The zero-order valence-electron chi connectivity index (χ0n) is 10.8. The van der Waals surface area contributed by atoms with Crippen LogP contribution in [-0.2, 0) is 12.7 Å². The van der Waals surface area contributed by atoms with E-state index in [1.54, 1.807) is 6.92 Å². The van der Waals surface area contributed by atoms with Crippen LogP contribution in [0.2, 0.25) is 0 Å². The molecule has 108 valence electrons. The molecular weight excluding hydrogens is 275 g/mol. The van der Waals surface area contributed by atoms with Gasteiger partial charge < -0.3 is 5.73 Å². The average Bonchev–Trinajstić information content (AvgIpc) is 2.71. The average molecular weight is 293 g/mol. The second-order valence-corrected chi connectivity index (χ2v) is 6.25. The van der Waals surface area contributed by atoms with Gasteiger partial charge in [-0.05, 0) is 45.3 Å². The first-order valence-corrected chi connectivity index (χ1v) is 7.17. The van der Waals surface area contributed by atoms with Crippen molar-refractivity contribution in [3.05, 3.63) is 15.6 Å². The van der Waals surface area contributed by atoms with Crippen LogP contribution in [0.15, 0.2) is 0 Å². The molecule has 0 amide bonds. The highest BCUT2D eigenvalue weighted by molar-refractivity contribution is 7.11. The van der Waals surface area contributed by atoms with Gasteiger partial charge in [-0.3, -0.25) is 4.90 Å². The van der Waals surface area contributed by atoms with Gasteiger partial charge in [0.1, 0.15) is 0 Å². The van der Waals surface area contributed by atoms with Crippen molar-refractivity contribution >= 4 is 11.3 Å². The first kappa shape index (κ1) is 14.7. The fourth-order valence-corrected chi connectivity index (χ4v) is 3.38. The molecule has 0 radical (unpaired) electrons. The number of likely N-dealkylation sites (tertiary alicyclic amines) is 1. The van der Waals surface area contributed by atoms with Gasteiger partial charge in [0.05, 0.1) is 9.88 Å². The number of halogens is 3. The molecular formula is C12H18F3N3S. The van der Waals surface area contributed by atoms with Gasteiger partial charge in [0.2, 0.25) is 0 Å². The van der Waals surface area contributed by atoms with Crippen LogP contribution in [0.5, 0.6) is 0 Å². The Balaban J connectivity index is 2.04. The smallest absolute Gasteiger partial charge is 0.330 e. The number of hydrogen-bond donors (Lipinski definition) is 1. The van der Waals surface area contributed by atoms with Gasteiger partial charge in [0.15, 0.2) is 5.69 Å². The summed E-state index contributed by atoms with van der Waals surface area (Å²) >= 11 is 1.14. The highest BCUT2D eigenvalue weighted by Crippen LogP contribution is 2.35. The normalized spacial score (nSPS) is 19.0. The predicted molar refractivity (Wildman–Crippen MR) is 68.9 cm³/mol. The maximum absolute atomic E-state index is 12.8. The molecule has 3 nitrogen and oxygen atoms in total. The molecule has 1 aliphatic rings. The molecule has 0 atom stereocenters. The number of rotatable bonds is 3. The van der Waals surface area contributed by atoms with Crippen LogP contribution in [0.4, 0.5) is 13.2 Å².